The minimum Gasteiger partial charge on any atom is -0.370 e. The SMILES string of the molecule is NC(=O)CCNC(=O)c1ccc2c(c1)CNC2. The second-order valence-electron chi connectivity index (χ2n) is 4.06. The predicted octanol–water partition coefficient (Wildman–Crippen LogP) is -0.105. The lowest BCUT2D eigenvalue weighted by molar-refractivity contribution is -0.117. The van der Waals surface area contributed by atoms with Crippen molar-refractivity contribution >= 4 is 11.8 Å². The number of hydrogen-bond donors (Lipinski definition) is 3. The number of fused-ring (bicyclic) bond motifs is 1. The fourth-order valence-electron chi connectivity index (χ4n) is 1.84. The molecule has 5 nitrogen and oxygen atoms in total. The fourth-order valence-corrected chi connectivity index (χ4v) is 1.84. The Morgan fingerprint density at radius 3 is 2.82 bits per heavy atom. The van der Waals surface area contributed by atoms with Crippen LogP contribution >= 0.6 is 0 Å². The molecule has 1 aromatic rings. The molecule has 1 aromatic carbocycles. The average Bonchev–Trinajstić information content (AvgIpc) is 2.75. The maximum absolute atomic E-state index is 11.7. The Kier molecular flexibility index (Phi) is 3.39. The average molecular weight is 233 g/mol. The van der Waals surface area contributed by atoms with Crippen LogP contribution in [0.25, 0.3) is 0 Å². The second-order valence-corrected chi connectivity index (χ2v) is 4.06. The largest absolute Gasteiger partial charge is 0.370 e. The summed E-state index contributed by atoms with van der Waals surface area (Å²) in [7, 11) is 0. The van der Waals surface area contributed by atoms with Gasteiger partial charge in [-0.3, -0.25) is 9.59 Å². The van der Waals surface area contributed by atoms with Crippen molar-refractivity contribution in [2.75, 3.05) is 6.54 Å². The molecular formula is C12H15N3O2. The minimum atomic E-state index is -0.413. The van der Waals surface area contributed by atoms with Crippen molar-refractivity contribution in [3.05, 3.63) is 34.9 Å². The smallest absolute Gasteiger partial charge is 0.251 e. The van der Waals surface area contributed by atoms with Gasteiger partial charge in [0, 0.05) is 31.6 Å². The molecule has 0 unspecified atom stereocenters. The molecule has 0 atom stereocenters. The first-order valence-electron chi connectivity index (χ1n) is 5.56. The Balaban J connectivity index is 1.97. The molecule has 5 heteroatoms. The molecule has 0 aliphatic carbocycles. The first-order chi connectivity index (χ1) is 8.16. The molecule has 17 heavy (non-hydrogen) atoms. The van der Waals surface area contributed by atoms with Crippen molar-refractivity contribution in [3.8, 4) is 0 Å². The number of amides is 2. The molecule has 2 amide bonds. The number of benzene rings is 1. The van der Waals surface area contributed by atoms with Crippen LogP contribution in [0.1, 0.15) is 27.9 Å². The third kappa shape index (κ3) is 2.82. The van der Waals surface area contributed by atoms with Gasteiger partial charge in [0.1, 0.15) is 0 Å². The highest BCUT2D eigenvalue weighted by Gasteiger charge is 2.13. The highest BCUT2D eigenvalue weighted by Crippen LogP contribution is 2.16. The number of nitrogens with one attached hydrogen (secondary N) is 2. The summed E-state index contributed by atoms with van der Waals surface area (Å²) in [6.07, 6.45) is 0.165. The molecule has 90 valence electrons. The number of rotatable bonds is 4. The van der Waals surface area contributed by atoms with Crippen molar-refractivity contribution in [1.82, 2.24) is 10.6 Å². The van der Waals surface area contributed by atoms with Crippen molar-refractivity contribution < 1.29 is 9.59 Å². The van der Waals surface area contributed by atoms with Gasteiger partial charge in [0.25, 0.3) is 5.91 Å². The summed E-state index contributed by atoms with van der Waals surface area (Å²) in [5.74, 6) is -0.579. The molecule has 0 bridgehead atoms. The first-order valence-corrected chi connectivity index (χ1v) is 5.56. The van der Waals surface area contributed by atoms with Gasteiger partial charge in [0.15, 0.2) is 0 Å². The Morgan fingerprint density at radius 1 is 1.29 bits per heavy atom. The third-order valence-electron chi connectivity index (χ3n) is 2.76. The van der Waals surface area contributed by atoms with Crippen LogP contribution in [0.5, 0.6) is 0 Å². The highest BCUT2D eigenvalue weighted by atomic mass is 16.2. The van der Waals surface area contributed by atoms with Crippen molar-refractivity contribution in [3.63, 3.8) is 0 Å². The number of primary amides is 1. The standard InChI is InChI=1S/C12H15N3O2/c13-11(16)3-4-15-12(17)8-1-2-9-6-14-7-10(9)5-8/h1-2,5,14H,3-4,6-7H2,(H2,13,16)(H,15,17). The molecule has 0 aromatic heterocycles. The molecule has 4 N–H and O–H groups in total. The van der Waals surface area contributed by atoms with Gasteiger partial charge in [-0.15, -0.1) is 0 Å². The maximum Gasteiger partial charge on any atom is 0.251 e. The van der Waals surface area contributed by atoms with Gasteiger partial charge in [-0.2, -0.15) is 0 Å². The summed E-state index contributed by atoms with van der Waals surface area (Å²) < 4.78 is 0. The lowest BCUT2D eigenvalue weighted by atomic mass is 10.1. The van der Waals surface area contributed by atoms with Gasteiger partial charge in [0.2, 0.25) is 5.91 Å². The van der Waals surface area contributed by atoms with Gasteiger partial charge in [-0.05, 0) is 23.3 Å². The maximum atomic E-state index is 11.7. The van der Waals surface area contributed by atoms with Gasteiger partial charge in [-0.25, -0.2) is 0 Å². The van der Waals surface area contributed by atoms with Crippen molar-refractivity contribution in [1.29, 1.82) is 0 Å². The minimum absolute atomic E-state index is 0.165. The Labute approximate surface area is 99.4 Å². The van der Waals surface area contributed by atoms with Gasteiger partial charge >= 0.3 is 0 Å². The van der Waals surface area contributed by atoms with E-state index in [-0.39, 0.29) is 18.9 Å². The summed E-state index contributed by atoms with van der Waals surface area (Å²) in [4.78, 5) is 22.3. The summed E-state index contributed by atoms with van der Waals surface area (Å²) in [5, 5.41) is 5.88. The van der Waals surface area contributed by atoms with Crippen LogP contribution in [-0.4, -0.2) is 18.4 Å². The first kappa shape index (κ1) is 11.6. The summed E-state index contributed by atoms with van der Waals surface area (Å²) in [6.45, 7) is 1.94. The predicted molar refractivity (Wildman–Crippen MR) is 63.1 cm³/mol. The van der Waals surface area contributed by atoms with E-state index >= 15 is 0 Å². The zero-order valence-electron chi connectivity index (χ0n) is 9.45. The van der Waals surface area contributed by atoms with E-state index < -0.39 is 5.91 Å². The van der Waals surface area contributed by atoms with Crippen LogP contribution in [0, 0.1) is 0 Å². The Bertz CT molecular complexity index is 457. The highest BCUT2D eigenvalue weighted by molar-refractivity contribution is 5.94. The molecule has 0 saturated heterocycles. The van der Waals surface area contributed by atoms with E-state index in [1.165, 1.54) is 5.56 Å². The van der Waals surface area contributed by atoms with E-state index in [1.807, 2.05) is 12.1 Å². The Morgan fingerprint density at radius 2 is 2.06 bits per heavy atom. The topological polar surface area (TPSA) is 84.2 Å². The van der Waals surface area contributed by atoms with Gasteiger partial charge in [0.05, 0.1) is 0 Å². The molecule has 0 radical (unpaired) electrons. The molecule has 0 fully saturated rings. The van der Waals surface area contributed by atoms with Crippen LogP contribution in [0.4, 0.5) is 0 Å². The molecule has 1 heterocycles. The van der Waals surface area contributed by atoms with E-state index in [1.54, 1.807) is 6.07 Å². The van der Waals surface area contributed by atoms with Crippen LogP contribution in [-0.2, 0) is 17.9 Å². The van der Waals surface area contributed by atoms with Crippen molar-refractivity contribution in [2.24, 2.45) is 5.73 Å². The lowest BCUT2D eigenvalue weighted by Crippen LogP contribution is -2.27. The van der Waals surface area contributed by atoms with E-state index in [9.17, 15) is 9.59 Å². The third-order valence-corrected chi connectivity index (χ3v) is 2.76. The quantitative estimate of drug-likeness (QED) is 0.678. The van der Waals surface area contributed by atoms with E-state index in [0.717, 1.165) is 18.7 Å². The zero-order chi connectivity index (χ0) is 12.3. The number of hydrogen-bond acceptors (Lipinski definition) is 3. The normalized spacial score (nSPS) is 13.2. The molecule has 1 aliphatic rings. The molecule has 2 rings (SSSR count). The summed E-state index contributed by atoms with van der Waals surface area (Å²) in [5.41, 5.74) is 8.01. The Hall–Kier alpha value is -1.88. The van der Waals surface area contributed by atoms with Crippen LogP contribution in [0.2, 0.25) is 0 Å². The molecular weight excluding hydrogens is 218 g/mol. The van der Waals surface area contributed by atoms with E-state index in [4.69, 9.17) is 5.73 Å². The molecule has 0 saturated carbocycles. The van der Waals surface area contributed by atoms with Gasteiger partial charge in [-0.1, -0.05) is 6.07 Å². The second kappa shape index (κ2) is 4.97. The van der Waals surface area contributed by atoms with Crippen molar-refractivity contribution in [2.45, 2.75) is 19.5 Å². The number of nitrogens with two attached hydrogens (primary N) is 1. The van der Waals surface area contributed by atoms with Crippen LogP contribution in [0.15, 0.2) is 18.2 Å². The molecule has 0 spiro atoms. The van der Waals surface area contributed by atoms with Crippen LogP contribution < -0.4 is 16.4 Å². The van der Waals surface area contributed by atoms with E-state index in [2.05, 4.69) is 10.6 Å². The zero-order valence-corrected chi connectivity index (χ0v) is 9.45. The van der Waals surface area contributed by atoms with Crippen LogP contribution in [0.3, 0.4) is 0 Å². The number of carbonyl (C=O) groups excluding carboxylic acids is 2. The van der Waals surface area contributed by atoms with Gasteiger partial charge < -0.3 is 16.4 Å². The summed E-state index contributed by atoms with van der Waals surface area (Å²) >= 11 is 0. The molecule has 1 aliphatic heterocycles. The summed E-state index contributed by atoms with van der Waals surface area (Å²) in [6, 6.07) is 5.64. The lowest BCUT2D eigenvalue weighted by Gasteiger charge is -2.05. The number of carbonyl (C=O) groups is 2. The fraction of sp³-hybridized carbons (Fsp3) is 0.333. The monoisotopic (exact) mass is 233 g/mol. The van der Waals surface area contributed by atoms with E-state index in [0.29, 0.717) is 5.56 Å².